The Morgan fingerprint density at radius 3 is 2.08 bits per heavy atom. The van der Waals surface area contributed by atoms with Crippen LogP contribution in [0.25, 0.3) is 12.2 Å². The van der Waals surface area contributed by atoms with Gasteiger partial charge in [0, 0.05) is 0 Å². The number of hydrogen-bond donors (Lipinski definition) is 1. The molecule has 1 N–H and O–H groups in total. The van der Waals surface area contributed by atoms with Gasteiger partial charge in [-0.25, -0.2) is 4.79 Å². The van der Waals surface area contributed by atoms with Gasteiger partial charge in [-0.3, -0.25) is 0 Å². The lowest BCUT2D eigenvalue weighted by Gasteiger charge is -2.32. The van der Waals surface area contributed by atoms with E-state index in [1.165, 1.54) is 0 Å². The van der Waals surface area contributed by atoms with E-state index < -0.39 is 5.97 Å². The highest BCUT2D eigenvalue weighted by molar-refractivity contribution is 6.62. The number of carboxylic acid groups (broad SMARTS) is 1. The van der Waals surface area contributed by atoms with E-state index in [2.05, 4.69) is 0 Å². The van der Waals surface area contributed by atoms with Crippen LogP contribution >= 0.6 is 0 Å². The van der Waals surface area contributed by atoms with Crippen LogP contribution in [0.4, 0.5) is 0 Å². The van der Waals surface area contributed by atoms with Crippen LogP contribution in [-0.2, 0) is 9.31 Å². The van der Waals surface area contributed by atoms with E-state index >= 15 is 0 Å². The predicted octanol–water partition coefficient (Wildman–Crippen LogP) is 3.85. The lowest BCUT2D eigenvalue weighted by atomic mass is 9.78. The third kappa shape index (κ3) is 3.74. The average Bonchev–Trinajstić information content (AvgIpc) is 2.81. The lowest BCUT2D eigenvalue weighted by Crippen LogP contribution is -2.41. The largest absolute Gasteiger partial charge is 0.494 e. The molecule has 0 bridgehead atoms. The van der Waals surface area contributed by atoms with E-state index in [1.54, 1.807) is 24.3 Å². The molecular formula is C21H23BO4. The zero-order chi connectivity index (χ0) is 18.9. The van der Waals surface area contributed by atoms with Gasteiger partial charge in [-0.2, -0.15) is 0 Å². The maximum absolute atomic E-state index is 10.9. The first-order chi connectivity index (χ1) is 12.2. The fraction of sp³-hybridized carbons (Fsp3) is 0.286. The molecule has 0 aliphatic carbocycles. The minimum atomic E-state index is -0.921. The van der Waals surface area contributed by atoms with Gasteiger partial charge in [0.05, 0.1) is 16.8 Å². The Kier molecular flexibility index (Phi) is 4.78. The van der Waals surface area contributed by atoms with E-state index in [-0.39, 0.29) is 23.9 Å². The molecule has 1 saturated heterocycles. The molecule has 0 unspecified atom stereocenters. The predicted molar refractivity (Wildman–Crippen MR) is 104 cm³/mol. The van der Waals surface area contributed by atoms with Crippen LogP contribution in [0.1, 0.15) is 49.2 Å². The minimum Gasteiger partial charge on any atom is -0.478 e. The molecule has 4 nitrogen and oxygen atoms in total. The Bertz CT molecular complexity index is 821. The highest BCUT2D eigenvalue weighted by atomic mass is 16.7. The van der Waals surface area contributed by atoms with Crippen LogP contribution in [0.5, 0.6) is 0 Å². The third-order valence-electron chi connectivity index (χ3n) is 5.06. The highest BCUT2D eigenvalue weighted by Crippen LogP contribution is 2.36. The summed E-state index contributed by atoms with van der Waals surface area (Å²) >= 11 is 0. The first-order valence-corrected chi connectivity index (χ1v) is 8.65. The maximum Gasteiger partial charge on any atom is 0.494 e. The van der Waals surface area contributed by atoms with Crippen molar-refractivity contribution in [1.29, 1.82) is 0 Å². The molecule has 0 saturated carbocycles. The molecule has 1 heterocycles. The molecule has 0 spiro atoms. The summed E-state index contributed by atoms with van der Waals surface area (Å²) < 4.78 is 12.2. The maximum atomic E-state index is 10.9. The van der Waals surface area contributed by atoms with Crippen molar-refractivity contribution < 1.29 is 19.2 Å². The SMILES string of the molecule is CC1(C)OB(c2cccc(C=Cc3ccc(C(=O)O)cc3)c2)OC1(C)C. The van der Waals surface area contributed by atoms with Crippen molar-refractivity contribution in [2.45, 2.75) is 38.9 Å². The standard InChI is InChI=1S/C21H23BO4/c1-20(2)21(3,4)26-22(25-20)18-7-5-6-16(14-18)9-8-15-10-12-17(13-11-15)19(23)24/h5-14H,1-4H3,(H,23,24). The molecule has 0 aromatic heterocycles. The van der Waals surface area contributed by atoms with Crippen molar-refractivity contribution in [3.63, 3.8) is 0 Å². The van der Waals surface area contributed by atoms with E-state index in [0.29, 0.717) is 0 Å². The molecule has 0 radical (unpaired) electrons. The van der Waals surface area contributed by atoms with E-state index in [4.69, 9.17) is 14.4 Å². The van der Waals surface area contributed by atoms with E-state index in [9.17, 15) is 4.79 Å². The molecule has 2 aromatic rings. The molecule has 26 heavy (non-hydrogen) atoms. The second kappa shape index (κ2) is 6.74. The third-order valence-corrected chi connectivity index (χ3v) is 5.06. The topological polar surface area (TPSA) is 55.8 Å². The molecule has 1 aliphatic heterocycles. The molecule has 134 valence electrons. The van der Waals surface area contributed by atoms with E-state index in [0.717, 1.165) is 16.6 Å². The average molecular weight is 350 g/mol. The Balaban J connectivity index is 1.77. The summed E-state index contributed by atoms with van der Waals surface area (Å²) in [6.45, 7) is 8.16. The molecule has 1 fully saturated rings. The van der Waals surface area contributed by atoms with Crippen molar-refractivity contribution in [2.24, 2.45) is 0 Å². The first-order valence-electron chi connectivity index (χ1n) is 8.65. The van der Waals surface area contributed by atoms with Crippen LogP contribution in [0, 0.1) is 0 Å². The number of carbonyl (C=O) groups is 1. The lowest BCUT2D eigenvalue weighted by molar-refractivity contribution is 0.00578. The van der Waals surface area contributed by atoms with Gasteiger partial charge in [-0.15, -0.1) is 0 Å². The van der Waals surface area contributed by atoms with Crippen LogP contribution in [-0.4, -0.2) is 29.4 Å². The Labute approximate surface area is 154 Å². The number of hydrogen-bond acceptors (Lipinski definition) is 3. The minimum absolute atomic E-state index is 0.282. The summed E-state index contributed by atoms with van der Waals surface area (Å²) in [7, 11) is -0.386. The zero-order valence-corrected chi connectivity index (χ0v) is 15.5. The summed E-state index contributed by atoms with van der Waals surface area (Å²) in [5, 5.41) is 8.95. The Hall–Kier alpha value is -2.37. The van der Waals surface area contributed by atoms with Gasteiger partial charge in [0.15, 0.2) is 0 Å². The van der Waals surface area contributed by atoms with Gasteiger partial charge >= 0.3 is 13.1 Å². The molecule has 0 amide bonds. The molecule has 1 aliphatic rings. The monoisotopic (exact) mass is 350 g/mol. The summed E-state index contributed by atoms with van der Waals surface area (Å²) in [4.78, 5) is 10.9. The second-order valence-corrected chi connectivity index (χ2v) is 7.52. The second-order valence-electron chi connectivity index (χ2n) is 7.52. The van der Waals surface area contributed by atoms with Crippen molar-refractivity contribution >= 4 is 30.7 Å². The van der Waals surface area contributed by atoms with Gasteiger partial charge in [0.2, 0.25) is 0 Å². The first kappa shape index (κ1) is 18.4. The summed E-state index contributed by atoms with van der Waals surface area (Å²) in [5.74, 6) is -0.921. The fourth-order valence-corrected chi connectivity index (χ4v) is 2.72. The smallest absolute Gasteiger partial charge is 0.478 e. The number of rotatable bonds is 4. The van der Waals surface area contributed by atoms with Crippen LogP contribution in [0.3, 0.4) is 0 Å². The molecule has 2 aromatic carbocycles. The summed E-state index contributed by atoms with van der Waals surface area (Å²) in [5.41, 5.74) is 2.50. The Morgan fingerprint density at radius 1 is 0.923 bits per heavy atom. The van der Waals surface area contributed by atoms with E-state index in [1.807, 2.05) is 64.1 Å². The van der Waals surface area contributed by atoms with Gasteiger partial charge < -0.3 is 14.4 Å². The zero-order valence-electron chi connectivity index (χ0n) is 15.5. The van der Waals surface area contributed by atoms with Gasteiger partial charge in [0.1, 0.15) is 0 Å². The summed E-state index contributed by atoms with van der Waals surface area (Å²) in [6, 6.07) is 14.8. The van der Waals surface area contributed by atoms with Gasteiger partial charge in [-0.05, 0) is 56.4 Å². The number of benzene rings is 2. The van der Waals surface area contributed by atoms with Crippen LogP contribution < -0.4 is 5.46 Å². The molecular weight excluding hydrogens is 327 g/mol. The molecule has 5 heteroatoms. The normalized spacial score (nSPS) is 18.4. The van der Waals surface area contributed by atoms with Crippen LogP contribution in [0.2, 0.25) is 0 Å². The molecule has 0 atom stereocenters. The quantitative estimate of drug-likeness (QED) is 0.672. The van der Waals surface area contributed by atoms with Crippen LogP contribution in [0.15, 0.2) is 48.5 Å². The highest BCUT2D eigenvalue weighted by Gasteiger charge is 2.51. The summed E-state index contributed by atoms with van der Waals surface area (Å²) in [6.07, 6.45) is 3.94. The fourth-order valence-electron chi connectivity index (χ4n) is 2.72. The van der Waals surface area contributed by atoms with Crippen molar-refractivity contribution in [1.82, 2.24) is 0 Å². The van der Waals surface area contributed by atoms with Crippen molar-refractivity contribution in [2.75, 3.05) is 0 Å². The number of aromatic carboxylic acids is 1. The van der Waals surface area contributed by atoms with Gasteiger partial charge in [0.25, 0.3) is 0 Å². The van der Waals surface area contributed by atoms with Crippen molar-refractivity contribution in [3.8, 4) is 0 Å². The Morgan fingerprint density at radius 2 is 1.50 bits per heavy atom. The number of carboxylic acids is 1. The van der Waals surface area contributed by atoms with Gasteiger partial charge in [-0.1, -0.05) is 48.6 Å². The van der Waals surface area contributed by atoms with Crippen molar-refractivity contribution in [3.05, 3.63) is 65.2 Å². The molecule has 3 rings (SSSR count).